The third-order valence-corrected chi connectivity index (χ3v) is 3.59. The summed E-state index contributed by atoms with van der Waals surface area (Å²) in [7, 11) is 0. The molecule has 0 aliphatic carbocycles. The summed E-state index contributed by atoms with van der Waals surface area (Å²) in [5, 5.41) is 0. The van der Waals surface area contributed by atoms with Gasteiger partial charge in [-0.25, -0.2) is 0 Å². The van der Waals surface area contributed by atoms with Crippen LogP contribution in [0.2, 0.25) is 0 Å². The summed E-state index contributed by atoms with van der Waals surface area (Å²) in [6.07, 6.45) is 1.42. The first-order chi connectivity index (χ1) is 11.8. The van der Waals surface area contributed by atoms with E-state index < -0.39 is 6.10 Å². The fourth-order valence-electron chi connectivity index (χ4n) is 2.46. The normalized spacial score (nSPS) is 11.7. The molecule has 0 amide bonds. The van der Waals surface area contributed by atoms with Gasteiger partial charge in [-0.15, -0.1) is 0 Å². The van der Waals surface area contributed by atoms with Gasteiger partial charge in [-0.05, 0) is 30.7 Å². The molecule has 0 fully saturated rings. The highest BCUT2D eigenvalue weighted by Gasteiger charge is 2.14. The maximum Gasteiger partial charge on any atom is 0.150 e. The number of rotatable bonds is 11. The minimum absolute atomic E-state index is 0.382. The molecule has 0 bridgehead atoms. The lowest BCUT2D eigenvalue weighted by molar-refractivity contribution is -0.118. The van der Waals surface area contributed by atoms with Gasteiger partial charge in [-0.1, -0.05) is 43.3 Å². The van der Waals surface area contributed by atoms with Crippen molar-refractivity contribution in [3.05, 3.63) is 60.7 Å². The fraction of sp³-hybridized carbons (Fsp3) is 0.350. The largest absolute Gasteiger partial charge is 0.491 e. The number of ether oxygens (including phenoxy) is 2. The van der Waals surface area contributed by atoms with Gasteiger partial charge in [0.1, 0.15) is 18.5 Å². The van der Waals surface area contributed by atoms with Crippen LogP contribution in [-0.4, -0.2) is 38.7 Å². The average Bonchev–Trinajstić information content (AvgIpc) is 2.65. The van der Waals surface area contributed by atoms with Crippen LogP contribution in [0.1, 0.15) is 13.3 Å². The number of nitrogens with zero attached hydrogens (tertiary/aromatic N) is 1. The van der Waals surface area contributed by atoms with E-state index in [-0.39, 0.29) is 0 Å². The van der Waals surface area contributed by atoms with Crippen molar-refractivity contribution in [3.63, 3.8) is 0 Å². The smallest absolute Gasteiger partial charge is 0.150 e. The Hall–Kier alpha value is -2.33. The SMILES string of the molecule is CCCN(CC(C=O)OCCOc1ccccc1)c1ccccc1. The molecule has 1 unspecified atom stereocenters. The third-order valence-electron chi connectivity index (χ3n) is 3.59. The summed E-state index contributed by atoms with van der Waals surface area (Å²) in [5.41, 5.74) is 1.11. The van der Waals surface area contributed by atoms with Gasteiger partial charge in [0.05, 0.1) is 13.2 Å². The lowest BCUT2D eigenvalue weighted by Crippen LogP contribution is -2.36. The molecule has 128 valence electrons. The number of anilines is 1. The molecule has 4 nitrogen and oxygen atoms in total. The first-order valence-corrected chi connectivity index (χ1v) is 8.38. The number of para-hydroxylation sites is 2. The molecular formula is C20H25NO3. The molecule has 0 aromatic heterocycles. The average molecular weight is 327 g/mol. The zero-order valence-corrected chi connectivity index (χ0v) is 14.1. The van der Waals surface area contributed by atoms with Gasteiger partial charge in [0, 0.05) is 12.2 Å². The van der Waals surface area contributed by atoms with E-state index in [4.69, 9.17) is 9.47 Å². The molecule has 0 aliphatic heterocycles. The molecule has 0 aliphatic rings. The highest BCUT2D eigenvalue weighted by molar-refractivity contribution is 5.58. The zero-order chi connectivity index (χ0) is 17.0. The van der Waals surface area contributed by atoms with Crippen LogP contribution in [0.15, 0.2) is 60.7 Å². The minimum atomic E-state index is -0.462. The summed E-state index contributed by atoms with van der Waals surface area (Å²) in [4.78, 5) is 13.5. The van der Waals surface area contributed by atoms with Gasteiger partial charge in [0.15, 0.2) is 6.29 Å². The molecule has 0 heterocycles. The minimum Gasteiger partial charge on any atom is -0.491 e. The fourth-order valence-corrected chi connectivity index (χ4v) is 2.46. The predicted octanol–water partition coefficient (Wildman–Crippen LogP) is 3.57. The van der Waals surface area contributed by atoms with Crippen LogP contribution in [0.3, 0.4) is 0 Å². The van der Waals surface area contributed by atoms with Crippen molar-refractivity contribution in [2.45, 2.75) is 19.4 Å². The lowest BCUT2D eigenvalue weighted by Gasteiger charge is -2.27. The monoisotopic (exact) mass is 327 g/mol. The van der Waals surface area contributed by atoms with Gasteiger partial charge in [-0.3, -0.25) is 0 Å². The van der Waals surface area contributed by atoms with Crippen LogP contribution in [-0.2, 0) is 9.53 Å². The summed E-state index contributed by atoms with van der Waals surface area (Å²) in [6, 6.07) is 19.7. The second kappa shape index (κ2) is 10.4. The van der Waals surface area contributed by atoms with Crippen molar-refractivity contribution in [2.24, 2.45) is 0 Å². The van der Waals surface area contributed by atoms with Crippen molar-refractivity contribution in [3.8, 4) is 5.75 Å². The molecule has 0 spiro atoms. The number of carbonyl (C=O) groups excluding carboxylic acids is 1. The maximum atomic E-state index is 11.3. The Morgan fingerprint density at radius 1 is 1.00 bits per heavy atom. The van der Waals surface area contributed by atoms with E-state index in [1.54, 1.807) is 0 Å². The first kappa shape index (κ1) is 18.0. The Balaban J connectivity index is 1.80. The van der Waals surface area contributed by atoms with Gasteiger partial charge >= 0.3 is 0 Å². The van der Waals surface area contributed by atoms with Crippen molar-refractivity contribution in [1.29, 1.82) is 0 Å². The van der Waals surface area contributed by atoms with Crippen molar-refractivity contribution >= 4 is 12.0 Å². The van der Waals surface area contributed by atoms with Gasteiger partial charge in [0.2, 0.25) is 0 Å². The van der Waals surface area contributed by atoms with Crippen LogP contribution < -0.4 is 9.64 Å². The standard InChI is InChI=1S/C20H25NO3/c1-2-13-21(18-9-5-3-6-10-18)16-20(17-22)24-15-14-23-19-11-7-4-8-12-19/h3-12,17,20H,2,13-16H2,1H3. The van der Waals surface area contributed by atoms with Crippen LogP contribution in [0, 0.1) is 0 Å². The highest BCUT2D eigenvalue weighted by Crippen LogP contribution is 2.14. The maximum absolute atomic E-state index is 11.3. The number of benzene rings is 2. The second-order valence-corrected chi connectivity index (χ2v) is 5.49. The zero-order valence-electron chi connectivity index (χ0n) is 14.1. The van der Waals surface area contributed by atoms with Crippen molar-refractivity contribution in [2.75, 3.05) is 31.2 Å². The molecule has 4 heteroatoms. The quantitative estimate of drug-likeness (QED) is 0.467. The molecule has 2 aromatic rings. The highest BCUT2D eigenvalue weighted by atomic mass is 16.5. The second-order valence-electron chi connectivity index (χ2n) is 5.49. The van der Waals surface area contributed by atoms with E-state index >= 15 is 0 Å². The van der Waals surface area contributed by atoms with Gasteiger partial charge < -0.3 is 19.2 Å². The van der Waals surface area contributed by atoms with E-state index in [0.29, 0.717) is 19.8 Å². The van der Waals surface area contributed by atoms with E-state index in [2.05, 4.69) is 24.0 Å². The Labute approximate surface area is 144 Å². The Kier molecular flexibility index (Phi) is 7.84. The van der Waals surface area contributed by atoms with Crippen LogP contribution in [0.25, 0.3) is 0 Å². The number of carbonyl (C=O) groups is 1. The topological polar surface area (TPSA) is 38.8 Å². The number of aldehydes is 1. The Morgan fingerprint density at radius 2 is 1.67 bits per heavy atom. The molecule has 2 aromatic carbocycles. The number of hydrogen-bond donors (Lipinski definition) is 0. The van der Waals surface area contributed by atoms with Gasteiger partial charge in [0.25, 0.3) is 0 Å². The lowest BCUT2D eigenvalue weighted by atomic mass is 10.2. The summed E-state index contributed by atoms with van der Waals surface area (Å²) in [6.45, 7) is 4.37. The summed E-state index contributed by atoms with van der Waals surface area (Å²) < 4.78 is 11.3. The summed E-state index contributed by atoms with van der Waals surface area (Å²) >= 11 is 0. The van der Waals surface area contributed by atoms with E-state index in [9.17, 15) is 4.79 Å². The van der Waals surface area contributed by atoms with Crippen LogP contribution in [0.4, 0.5) is 5.69 Å². The predicted molar refractivity (Wildman–Crippen MR) is 96.7 cm³/mol. The van der Waals surface area contributed by atoms with E-state index in [1.807, 2.05) is 48.5 Å². The molecule has 0 saturated carbocycles. The molecule has 0 radical (unpaired) electrons. The molecule has 24 heavy (non-hydrogen) atoms. The first-order valence-electron chi connectivity index (χ1n) is 8.38. The molecular weight excluding hydrogens is 302 g/mol. The van der Waals surface area contributed by atoms with E-state index in [1.165, 1.54) is 0 Å². The van der Waals surface area contributed by atoms with Crippen molar-refractivity contribution in [1.82, 2.24) is 0 Å². The van der Waals surface area contributed by atoms with Crippen LogP contribution >= 0.6 is 0 Å². The molecule has 0 saturated heterocycles. The third kappa shape index (κ3) is 6.05. The van der Waals surface area contributed by atoms with Gasteiger partial charge in [-0.2, -0.15) is 0 Å². The molecule has 0 N–H and O–H groups in total. The van der Waals surface area contributed by atoms with Crippen LogP contribution in [0.5, 0.6) is 5.75 Å². The van der Waals surface area contributed by atoms with Crippen molar-refractivity contribution < 1.29 is 14.3 Å². The number of hydrogen-bond acceptors (Lipinski definition) is 4. The Morgan fingerprint density at radius 3 is 2.29 bits per heavy atom. The molecule has 2 rings (SSSR count). The Bertz CT molecular complexity index is 574. The summed E-state index contributed by atoms with van der Waals surface area (Å²) in [5.74, 6) is 0.806. The van der Waals surface area contributed by atoms with E-state index in [0.717, 1.165) is 30.7 Å². The molecule has 1 atom stereocenters.